The molecule has 3 rings (SSSR count). The number of hydrogen-bond acceptors (Lipinski definition) is 8. The van der Waals surface area contributed by atoms with E-state index in [-0.39, 0.29) is 25.2 Å². The average Bonchev–Trinajstić information content (AvgIpc) is 3.35. The lowest BCUT2D eigenvalue weighted by molar-refractivity contribution is -0.126. The number of nitrogens with two attached hydrogens (primary N) is 1. The average molecular weight is 531 g/mol. The van der Waals surface area contributed by atoms with Gasteiger partial charge in [-0.1, -0.05) is 37.5 Å². The maximum Gasteiger partial charge on any atom is 0.317 e. The lowest BCUT2D eigenvalue weighted by Gasteiger charge is -2.25. The molecule has 2 aromatic rings. The first kappa shape index (κ1) is 29.3. The Labute approximate surface area is 224 Å². The summed E-state index contributed by atoms with van der Waals surface area (Å²) in [7, 11) is 3.37. The van der Waals surface area contributed by atoms with Gasteiger partial charge in [-0.2, -0.15) is 0 Å². The first-order chi connectivity index (χ1) is 18.1. The van der Waals surface area contributed by atoms with Crippen LogP contribution in [0.4, 0.5) is 4.79 Å². The van der Waals surface area contributed by atoms with Gasteiger partial charge >= 0.3 is 6.03 Å². The number of nitrogens with one attached hydrogen (secondary N) is 2. The van der Waals surface area contributed by atoms with E-state index >= 15 is 0 Å². The highest BCUT2D eigenvalue weighted by Crippen LogP contribution is 2.24. The van der Waals surface area contributed by atoms with E-state index in [4.69, 9.17) is 15.2 Å². The van der Waals surface area contributed by atoms with Crippen LogP contribution in [-0.4, -0.2) is 76.5 Å². The van der Waals surface area contributed by atoms with E-state index in [0.717, 1.165) is 5.56 Å². The molecule has 1 unspecified atom stereocenters. The van der Waals surface area contributed by atoms with Crippen LogP contribution in [0.25, 0.3) is 0 Å². The van der Waals surface area contributed by atoms with E-state index in [1.807, 2.05) is 24.3 Å². The number of urea groups is 1. The molecule has 1 heterocycles. The largest absolute Gasteiger partial charge is 0.491 e. The number of benzene rings is 1. The van der Waals surface area contributed by atoms with Gasteiger partial charge in [0.25, 0.3) is 0 Å². The number of tetrazole rings is 1. The van der Waals surface area contributed by atoms with Crippen LogP contribution in [0, 0.1) is 5.92 Å². The monoisotopic (exact) mass is 530 g/mol. The van der Waals surface area contributed by atoms with Gasteiger partial charge < -0.3 is 30.7 Å². The highest BCUT2D eigenvalue weighted by Gasteiger charge is 2.29. The van der Waals surface area contributed by atoms with Crippen LogP contribution in [0.3, 0.4) is 0 Å². The van der Waals surface area contributed by atoms with Crippen LogP contribution in [0.2, 0.25) is 0 Å². The van der Waals surface area contributed by atoms with Crippen molar-refractivity contribution in [2.24, 2.45) is 11.7 Å². The first-order valence-corrected chi connectivity index (χ1v) is 13.2. The maximum absolute atomic E-state index is 12.7. The number of carbonyl (C=O) groups excluding carboxylic acids is 2. The van der Waals surface area contributed by atoms with Crippen molar-refractivity contribution in [1.29, 1.82) is 0 Å². The van der Waals surface area contributed by atoms with Crippen LogP contribution in [0.15, 0.2) is 24.3 Å². The molecule has 38 heavy (non-hydrogen) atoms. The Hall–Kier alpha value is -3.25. The Bertz CT molecular complexity index is 1030. The summed E-state index contributed by atoms with van der Waals surface area (Å²) in [6, 6.07) is 6.78. The quantitative estimate of drug-likeness (QED) is 0.356. The Balaban J connectivity index is 1.62. The molecule has 210 valence electrons. The van der Waals surface area contributed by atoms with Crippen molar-refractivity contribution in [3.63, 3.8) is 0 Å². The van der Waals surface area contributed by atoms with Crippen molar-refractivity contribution in [2.75, 3.05) is 33.9 Å². The molecule has 1 atom stereocenters. The Morgan fingerprint density at radius 2 is 1.95 bits per heavy atom. The summed E-state index contributed by atoms with van der Waals surface area (Å²) in [4.78, 5) is 26.1. The predicted octanol–water partition coefficient (Wildman–Crippen LogP) is 2.01. The van der Waals surface area contributed by atoms with Crippen LogP contribution in [0.5, 0.6) is 5.75 Å². The second kappa shape index (κ2) is 14.1. The van der Waals surface area contributed by atoms with Gasteiger partial charge in [0, 0.05) is 32.8 Å². The third-order valence-electron chi connectivity index (χ3n) is 6.49. The molecule has 0 aliphatic heterocycles. The van der Waals surface area contributed by atoms with Gasteiger partial charge in [0.15, 0.2) is 5.82 Å². The molecule has 1 aromatic carbocycles. The Morgan fingerprint density at radius 1 is 1.21 bits per heavy atom. The highest BCUT2D eigenvalue weighted by molar-refractivity contribution is 5.85. The number of para-hydroxylation sites is 1. The summed E-state index contributed by atoms with van der Waals surface area (Å²) < 4.78 is 13.7. The highest BCUT2D eigenvalue weighted by atomic mass is 16.5. The van der Waals surface area contributed by atoms with E-state index < -0.39 is 11.6 Å². The fourth-order valence-corrected chi connectivity index (χ4v) is 4.21. The molecular formula is C26H42N8O4. The van der Waals surface area contributed by atoms with Crippen molar-refractivity contribution in [3.05, 3.63) is 35.7 Å². The molecule has 4 N–H and O–H groups in total. The second-order valence-electron chi connectivity index (χ2n) is 10.6. The van der Waals surface area contributed by atoms with Crippen LogP contribution >= 0.6 is 0 Å². The number of hydrogen-bond donors (Lipinski definition) is 3. The molecule has 12 heteroatoms. The molecule has 0 saturated heterocycles. The lowest BCUT2D eigenvalue weighted by atomic mass is 9.90. The van der Waals surface area contributed by atoms with Gasteiger partial charge in [0.05, 0.1) is 18.7 Å². The summed E-state index contributed by atoms with van der Waals surface area (Å²) >= 11 is 0. The third kappa shape index (κ3) is 8.95. The lowest BCUT2D eigenvalue weighted by Crippen LogP contribution is -2.51. The minimum atomic E-state index is -1.06. The minimum Gasteiger partial charge on any atom is -0.491 e. The number of amides is 3. The number of nitrogens with zero attached hydrogens (tertiary/aromatic N) is 5. The molecule has 0 bridgehead atoms. The summed E-state index contributed by atoms with van der Waals surface area (Å²) in [5.41, 5.74) is 5.81. The number of ether oxygens (including phenoxy) is 2. The summed E-state index contributed by atoms with van der Waals surface area (Å²) in [6.07, 6.45) is 6.09. The maximum atomic E-state index is 12.7. The van der Waals surface area contributed by atoms with Gasteiger partial charge in [-0.15, -0.1) is 5.10 Å². The van der Waals surface area contributed by atoms with Crippen molar-refractivity contribution in [1.82, 2.24) is 35.7 Å². The van der Waals surface area contributed by atoms with Gasteiger partial charge in [-0.25, -0.2) is 9.48 Å². The van der Waals surface area contributed by atoms with E-state index in [9.17, 15) is 9.59 Å². The van der Waals surface area contributed by atoms with Crippen molar-refractivity contribution < 1.29 is 19.1 Å². The summed E-state index contributed by atoms with van der Waals surface area (Å²) in [6.45, 7) is 5.15. The normalized spacial score (nSPS) is 15.1. The Kier molecular flexibility index (Phi) is 10.8. The molecule has 0 radical (unpaired) electrons. The molecule has 1 aliphatic rings. The first-order valence-electron chi connectivity index (χ1n) is 13.2. The summed E-state index contributed by atoms with van der Waals surface area (Å²) in [5.74, 6) is 1.36. The molecular weight excluding hydrogens is 488 g/mol. The Morgan fingerprint density at radius 3 is 2.66 bits per heavy atom. The van der Waals surface area contributed by atoms with Crippen LogP contribution in [-0.2, 0) is 22.6 Å². The minimum absolute atomic E-state index is 0.183. The standard InChI is InChI=1S/C26H42N8O4/c1-26(2,27)24(35)29-21(18-37-17-19-10-6-5-7-11-19)23-30-31-32-34(23)14-15-38-22-13-9-8-12-20(22)16-28-25(36)33(3)4/h8-9,12-13,19,21H,5-7,10-11,14-18,27H2,1-4H3,(H,28,36)(H,29,35). The predicted molar refractivity (Wildman–Crippen MR) is 142 cm³/mol. The smallest absolute Gasteiger partial charge is 0.317 e. The van der Waals surface area contributed by atoms with E-state index in [0.29, 0.717) is 37.2 Å². The number of rotatable bonds is 13. The summed E-state index contributed by atoms with van der Waals surface area (Å²) in [5, 5.41) is 17.9. The van der Waals surface area contributed by atoms with Crippen molar-refractivity contribution in [3.8, 4) is 5.75 Å². The number of aromatic nitrogens is 4. The molecule has 1 fully saturated rings. The topological polar surface area (TPSA) is 150 Å². The zero-order chi connectivity index (χ0) is 27.5. The SMILES string of the molecule is CN(C)C(=O)NCc1ccccc1OCCn1nnnc1C(COCC1CCCCC1)NC(=O)C(C)(C)N. The zero-order valence-corrected chi connectivity index (χ0v) is 23.0. The zero-order valence-electron chi connectivity index (χ0n) is 23.0. The van der Waals surface area contributed by atoms with Gasteiger partial charge in [0.2, 0.25) is 5.91 Å². The van der Waals surface area contributed by atoms with Crippen LogP contribution in [0.1, 0.15) is 63.4 Å². The van der Waals surface area contributed by atoms with E-state index in [1.54, 1.807) is 32.6 Å². The molecule has 0 spiro atoms. The van der Waals surface area contributed by atoms with Gasteiger partial charge in [-0.05, 0) is 49.1 Å². The van der Waals surface area contributed by atoms with Gasteiger partial charge in [-0.3, -0.25) is 4.79 Å². The molecule has 1 aromatic heterocycles. The number of carbonyl (C=O) groups is 2. The molecule has 1 saturated carbocycles. The van der Waals surface area contributed by atoms with E-state index in [1.165, 1.54) is 37.0 Å². The van der Waals surface area contributed by atoms with Crippen molar-refractivity contribution >= 4 is 11.9 Å². The fraction of sp³-hybridized carbons (Fsp3) is 0.654. The van der Waals surface area contributed by atoms with Crippen LogP contribution < -0.4 is 21.1 Å². The van der Waals surface area contributed by atoms with E-state index in [2.05, 4.69) is 26.2 Å². The fourth-order valence-electron chi connectivity index (χ4n) is 4.21. The second-order valence-corrected chi connectivity index (χ2v) is 10.6. The molecule has 1 aliphatic carbocycles. The van der Waals surface area contributed by atoms with Crippen molar-refractivity contribution in [2.45, 2.75) is 70.6 Å². The molecule has 3 amide bonds. The third-order valence-corrected chi connectivity index (χ3v) is 6.49. The van der Waals surface area contributed by atoms with Gasteiger partial charge in [0.1, 0.15) is 18.4 Å². The molecule has 12 nitrogen and oxygen atoms in total.